The van der Waals surface area contributed by atoms with Crippen molar-refractivity contribution in [3.05, 3.63) is 93.9 Å². The number of aliphatic imine (C=N–C) groups is 1. The molecule has 2 aliphatic heterocycles. The normalized spacial score (nSPS) is 17.0. The summed E-state index contributed by atoms with van der Waals surface area (Å²) in [5.74, 6) is -1.15. The Morgan fingerprint density at radius 2 is 1.94 bits per heavy atom. The number of rotatable bonds is 9. The van der Waals surface area contributed by atoms with Crippen LogP contribution in [0.2, 0.25) is 0 Å². The number of benzene rings is 2. The van der Waals surface area contributed by atoms with Gasteiger partial charge in [-0.3, -0.25) is 4.79 Å². The van der Waals surface area contributed by atoms with Crippen molar-refractivity contribution in [1.29, 1.82) is 0 Å². The van der Waals surface area contributed by atoms with Gasteiger partial charge in [-0.1, -0.05) is 54.2 Å². The van der Waals surface area contributed by atoms with Gasteiger partial charge in [0.25, 0.3) is 0 Å². The molecule has 2 aliphatic rings. The second-order valence-corrected chi connectivity index (χ2v) is 8.85. The molecule has 1 N–H and O–H groups in total. The van der Waals surface area contributed by atoms with Crippen molar-refractivity contribution in [2.45, 2.75) is 25.9 Å². The Morgan fingerprint density at radius 1 is 1.14 bits per heavy atom. The van der Waals surface area contributed by atoms with Crippen molar-refractivity contribution in [3.8, 4) is 0 Å². The van der Waals surface area contributed by atoms with Crippen LogP contribution in [0.5, 0.6) is 0 Å². The van der Waals surface area contributed by atoms with Crippen LogP contribution < -0.4 is 5.32 Å². The lowest BCUT2D eigenvalue weighted by atomic mass is 9.93. The zero-order valence-electron chi connectivity index (χ0n) is 19.5. The van der Waals surface area contributed by atoms with E-state index in [2.05, 4.69) is 10.3 Å². The number of carbonyl (C=O) groups is 2. The van der Waals surface area contributed by atoms with Crippen LogP contribution in [0.1, 0.15) is 30.5 Å². The minimum absolute atomic E-state index is 0.0791. The summed E-state index contributed by atoms with van der Waals surface area (Å²) >= 11 is 1.37. The van der Waals surface area contributed by atoms with Gasteiger partial charge in [0.1, 0.15) is 12.4 Å². The Hall–Kier alpha value is -3.43. The molecule has 0 saturated carbocycles. The van der Waals surface area contributed by atoms with Crippen LogP contribution in [0, 0.1) is 5.82 Å². The average Bonchev–Trinajstić information content (AvgIpc) is 3.24. The molecule has 9 heteroatoms. The van der Waals surface area contributed by atoms with Crippen molar-refractivity contribution in [3.63, 3.8) is 0 Å². The molecule has 0 saturated heterocycles. The summed E-state index contributed by atoms with van der Waals surface area (Å²) in [7, 11) is 1.52. The second kappa shape index (κ2) is 11.3. The van der Waals surface area contributed by atoms with Crippen molar-refractivity contribution in [2.24, 2.45) is 4.99 Å². The summed E-state index contributed by atoms with van der Waals surface area (Å²) in [6, 6.07) is 15.0. The van der Waals surface area contributed by atoms with E-state index in [1.165, 1.54) is 31.0 Å². The van der Waals surface area contributed by atoms with Gasteiger partial charge in [0.05, 0.1) is 30.3 Å². The molecule has 0 radical (unpaired) electrons. The molecule has 2 aromatic carbocycles. The number of amides is 1. The number of ether oxygens (including phenoxy) is 2. The maximum Gasteiger partial charge on any atom is 0.338 e. The topological polar surface area (TPSA) is 80.2 Å². The zero-order chi connectivity index (χ0) is 24.8. The molecule has 4 rings (SSSR count). The lowest BCUT2D eigenvalue weighted by molar-refractivity contribution is -0.141. The molecule has 0 aliphatic carbocycles. The maximum absolute atomic E-state index is 14.2. The van der Waals surface area contributed by atoms with Gasteiger partial charge in [-0.2, -0.15) is 0 Å². The SMILES string of the molecule is COCCOC(=O)C1=C(C)N=C2SC=C(CC(=O)NCc3ccccc3)N2C1c1cccc(F)c1. The third-order valence-corrected chi connectivity index (χ3v) is 6.47. The maximum atomic E-state index is 14.2. The number of halogens is 1. The zero-order valence-corrected chi connectivity index (χ0v) is 20.3. The first-order valence-corrected chi connectivity index (χ1v) is 12.0. The molecule has 182 valence electrons. The van der Waals surface area contributed by atoms with Gasteiger partial charge in [0.2, 0.25) is 5.91 Å². The first-order valence-electron chi connectivity index (χ1n) is 11.1. The molecule has 0 fully saturated rings. The molecule has 1 atom stereocenters. The minimum atomic E-state index is -0.684. The smallest absolute Gasteiger partial charge is 0.338 e. The number of methoxy groups -OCH3 is 1. The average molecular weight is 496 g/mol. The number of thioether (sulfide) groups is 1. The lowest BCUT2D eigenvalue weighted by Gasteiger charge is -2.36. The highest BCUT2D eigenvalue weighted by molar-refractivity contribution is 8.16. The van der Waals surface area contributed by atoms with Gasteiger partial charge < -0.3 is 19.7 Å². The lowest BCUT2D eigenvalue weighted by Crippen LogP contribution is -2.38. The van der Waals surface area contributed by atoms with Crippen LogP contribution in [-0.4, -0.2) is 42.3 Å². The van der Waals surface area contributed by atoms with Gasteiger partial charge in [-0.05, 0) is 35.6 Å². The molecule has 2 heterocycles. The summed E-state index contributed by atoms with van der Waals surface area (Å²) < 4.78 is 24.6. The highest BCUT2D eigenvalue weighted by Crippen LogP contribution is 2.44. The van der Waals surface area contributed by atoms with Crippen LogP contribution >= 0.6 is 11.8 Å². The fourth-order valence-corrected chi connectivity index (χ4v) is 4.91. The summed E-state index contributed by atoms with van der Waals surface area (Å²) in [5, 5.41) is 5.40. The van der Waals surface area contributed by atoms with E-state index in [9.17, 15) is 14.0 Å². The third-order valence-electron chi connectivity index (χ3n) is 5.58. The Morgan fingerprint density at radius 3 is 2.69 bits per heavy atom. The monoisotopic (exact) mass is 495 g/mol. The van der Waals surface area contributed by atoms with Gasteiger partial charge >= 0.3 is 5.97 Å². The fourth-order valence-electron chi connectivity index (χ4n) is 3.94. The van der Waals surface area contributed by atoms with Crippen LogP contribution in [0.3, 0.4) is 0 Å². The quantitative estimate of drug-likeness (QED) is 0.413. The minimum Gasteiger partial charge on any atom is -0.460 e. The molecule has 0 bridgehead atoms. The van der Waals surface area contributed by atoms with Crippen LogP contribution in [-0.2, 0) is 25.6 Å². The van der Waals surface area contributed by atoms with Crippen molar-refractivity contribution in [2.75, 3.05) is 20.3 Å². The number of amidine groups is 1. The Balaban J connectivity index is 1.59. The number of hydrogen-bond acceptors (Lipinski definition) is 7. The highest BCUT2D eigenvalue weighted by Gasteiger charge is 2.41. The van der Waals surface area contributed by atoms with Crippen LogP contribution in [0.25, 0.3) is 0 Å². The molecular formula is C26H26FN3O4S. The van der Waals surface area contributed by atoms with Gasteiger partial charge in [-0.25, -0.2) is 14.2 Å². The highest BCUT2D eigenvalue weighted by atomic mass is 32.2. The predicted octanol–water partition coefficient (Wildman–Crippen LogP) is 4.30. The fraction of sp³-hybridized carbons (Fsp3) is 0.269. The standard InChI is InChI=1S/C26H26FN3O4S/c1-17-23(25(32)34-12-11-33-2)24(19-9-6-10-20(27)13-19)30-21(16-35-26(30)29-17)14-22(31)28-15-18-7-4-3-5-8-18/h3-10,13,16,24H,11-12,14-15H2,1-2H3,(H,28,31). The number of carbonyl (C=O) groups excluding carboxylic acids is 2. The molecule has 35 heavy (non-hydrogen) atoms. The van der Waals surface area contributed by atoms with E-state index < -0.39 is 17.8 Å². The van der Waals surface area contributed by atoms with Crippen LogP contribution in [0.15, 0.2) is 82.0 Å². The van der Waals surface area contributed by atoms with Crippen molar-refractivity contribution in [1.82, 2.24) is 10.2 Å². The summed E-state index contributed by atoms with van der Waals surface area (Å²) in [5.41, 5.74) is 3.02. The van der Waals surface area contributed by atoms with E-state index in [1.54, 1.807) is 19.1 Å². The number of esters is 1. The van der Waals surface area contributed by atoms with E-state index in [0.29, 0.717) is 34.2 Å². The predicted molar refractivity (Wildman–Crippen MR) is 133 cm³/mol. The van der Waals surface area contributed by atoms with Crippen LogP contribution in [0.4, 0.5) is 4.39 Å². The van der Waals surface area contributed by atoms with E-state index in [4.69, 9.17) is 9.47 Å². The number of allylic oxidation sites excluding steroid dienone is 1. The largest absolute Gasteiger partial charge is 0.460 e. The first-order chi connectivity index (χ1) is 17.0. The molecule has 2 aromatic rings. The molecule has 1 unspecified atom stereocenters. The molecule has 7 nitrogen and oxygen atoms in total. The van der Waals surface area contributed by atoms with E-state index in [-0.39, 0.29) is 25.5 Å². The summed E-state index contributed by atoms with van der Waals surface area (Å²) in [4.78, 5) is 32.3. The third kappa shape index (κ3) is 5.80. The molecule has 0 spiro atoms. The first kappa shape index (κ1) is 24.7. The Kier molecular flexibility index (Phi) is 7.99. The molecule has 0 aromatic heterocycles. The Labute approximate surface area is 207 Å². The Bertz CT molecular complexity index is 1200. The van der Waals surface area contributed by atoms with E-state index >= 15 is 0 Å². The van der Waals surface area contributed by atoms with Crippen molar-refractivity contribution >= 4 is 28.8 Å². The van der Waals surface area contributed by atoms with Gasteiger partial charge in [-0.15, -0.1) is 0 Å². The molecular weight excluding hydrogens is 469 g/mol. The number of nitrogens with one attached hydrogen (secondary N) is 1. The van der Waals surface area contributed by atoms with Gasteiger partial charge in [0.15, 0.2) is 5.17 Å². The second-order valence-electron chi connectivity index (χ2n) is 8.02. The summed E-state index contributed by atoms with van der Waals surface area (Å²) in [6.07, 6.45) is 0.0791. The number of fused-ring (bicyclic) bond motifs is 1. The van der Waals surface area contributed by atoms with Gasteiger partial charge in [0, 0.05) is 19.4 Å². The van der Waals surface area contributed by atoms with E-state index in [1.807, 2.05) is 40.6 Å². The number of nitrogens with zero attached hydrogens (tertiary/aromatic N) is 2. The van der Waals surface area contributed by atoms with E-state index in [0.717, 1.165) is 5.56 Å². The molecule has 1 amide bonds. The van der Waals surface area contributed by atoms with Crippen molar-refractivity contribution < 1.29 is 23.5 Å². The number of hydrogen-bond donors (Lipinski definition) is 1. The summed E-state index contributed by atoms with van der Waals surface area (Å²) in [6.45, 7) is 2.47.